The molecule has 2 nitrogen and oxygen atoms in total. The van der Waals surface area contributed by atoms with Gasteiger partial charge in [0, 0.05) is 24.8 Å². The monoisotopic (exact) mass is 504 g/mol. The third-order valence-corrected chi connectivity index (χ3v) is 5.76. The Morgan fingerprint density at radius 1 is 0.667 bits per heavy atom. The Morgan fingerprint density at radius 2 is 1.13 bits per heavy atom. The van der Waals surface area contributed by atoms with Crippen molar-refractivity contribution in [3.05, 3.63) is 0 Å². The molecule has 0 aromatic carbocycles. The van der Waals surface area contributed by atoms with Gasteiger partial charge in [-0.15, -0.1) is 48.0 Å². The highest BCUT2D eigenvalue weighted by Crippen LogP contribution is 2.27. The van der Waals surface area contributed by atoms with Crippen molar-refractivity contribution in [2.75, 3.05) is 44.5 Å². The predicted octanol–water partition coefficient (Wildman–Crippen LogP) is 7.63. The average Bonchev–Trinajstić information content (AvgIpc) is 2.68. The highest BCUT2D eigenvalue weighted by Gasteiger charge is 2.32. The summed E-state index contributed by atoms with van der Waals surface area (Å²) in [7, 11) is 0. The first-order valence-electron chi connectivity index (χ1n) is 11.7. The Morgan fingerprint density at radius 3 is 1.50 bits per heavy atom. The number of hydrogen-bond donors (Lipinski definition) is 0. The molecule has 0 saturated carbocycles. The molecule has 0 N–H and O–H groups in total. The third kappa shape index (κ3) is 15.4. The Kier molecular flexibility index (Phi) is 28.5. The molecule has 0 atom stereocenters. The molecule has 0 saturated heterocycles. The Hall–Kier alpha value is 0.640. The van der Waals surface area contributed by atoms with Gasteiger partial charge in [-0.3, -0.25) is 9.80 Å². The second-order valence-electron chi connectivity index (χ2n) is 7.89. The number of alkyl halides is 2. The topological polar surface area (TPSA) is 6.48 Å². The van der Waals surface area contributed by atoms with E-state index in [1.54, 1.807) is 0 Å². The van der Waals surface area contributed by atoms with Gasteiger partial charge in [-0.25, -0.2) is 0 Å². The summed E-state index contributed by atoms with van der Waals surface area (Å²) in [5.74, 6) is 8.59. The van der Waals surface area contributed by atoms with Gasteiger partial charge in [0.05, 0.1) is 12.1 Å². The number of nitrogens with zero attached hydrogens (tertiary/aromatic N) is 2. The maximum atomic E-state index is 6.12. The average molecular weight is 506 g/mol. The molecule has 6 heteroatoms. The van der Waals surface area contributed by atoms with Crippen LogP contribution in [0.1, 0.15) is 91.9 Å². The zero-order valence-electron chi connectivity index (χ0n) is 20.0. The molecule has 0 amide bonds. The molecule has 0 aliphatic carbocycles. The van der Waals surface area contributed by atoms with Crippen LogP contribution in [0, 0.1) is 11.8 Å². The van der Waals surface area contributed by atoms with Crippen LogP contribution in [-0.2, 0) is 0 Å². The zero-order chi connectivity index (χ0) is 21.1. The fourth-order valence-electron chi connectivity index (χ4n) is 3.97. The summed E-state index contributed by atoms with van der Waals surface area (Å²) < 4.78 is 0. The molecule has 30 heavy (non-hydrogen) atoms. The van der Waals surface area contributed by atoms with E-state index in [0.29, 0.717) is 11.8 Å². The lowest BCUT2D eigenvalue weighted by molar-refractivity contribution is 0.134. The van der Waals surface area contributed by atoms with Gasteiger partial charge in [0.1, 0.15) is 0 Å². The first-order chi connectivity index (χ1) is 13.6. The van der Waals surface area contributed by atoms with E-state index < -0.39 is 0 Å². The van der Waals surface area contributed by atoms with Crippen molar-refractivity contribution in [1.82, 2.24) is 9.80 Å². The molecule has 0 bridgehead atoms. The van der Waals surface area contributed by atoms with Crippen LogP contribution >= 0.6 is 48.0 Å². The zero-order valence-corrected chi connectivity index (χ0v) is 23.1. The van der Waals surface area contributed by atoms with Crippen molar-refractivity contribution in [2.45, 2.75) is 97.4 Å². The molecule has 0 aromatic rings. The highest BCUT2D eigenvalue weighted by molar-refractivity contribution is 6.18. The van der Waals surface area contributed by atoms with Crippen molar-refractivity contribution >= 4 is 48.0 Å². The first kappa shape index (κ1) is 35.2. The molecule has 182 valence electrons. The van der Waals surface area contributed by atoms with E-state index in [2.05, 4.69) is 49.3 Å². The largest absolute Gasteiger partial charge is 0.292 e. The normalized spacial score (nSPS) is 11.1. The lowest BCUT2D eigenvalue weighted by Gasteiger charge is -2.40. The van der Waals surface area contributed by atoms with Gasteiger partial charge in [0.15, 0.2) is 0 Å². The van der Waals surface area contributed by atoms with Gasteiger partial charge in [0.25, 0.3) is 0 Å². The molecule has 0 fully saturated rings. The minimum atomic E-state index is -0.0776. The minimum Gasteiger partial charge on any atom is -0.292 e. The molecule has 0 aliphatic rings. The van der Waals surface area contributed by atoms with Crippen LogP contribution in [0.4, 0.5) is 0 Å². The SMILES string of the molecule is CCCCCN(CC#CC(CCC)(CCC)N(CCCl)CCCl)CCCCC.Cl.Cl. The van der Waals surface area contributed by atoms with Crippen molar-refractivity contribution in [1.29, 1.82) is 0 Å². The maximum absolute atomic E-state index is 6.12. The molecule has 0 heterocycles. The summed E-state index contributed by atoms with van der Waals surface area (Å²) in [6.45, 7) is 14.0. The second-order valence-corrected chi connectivity index (χ2v) is 8.64. The van der Waals surface area contributed by atoms with Crippen molar-refractivity contribution in [2.24, 2.45) is 0 Å². The number of rotatable bonds is 18. The van der Waals surface area contributed by atoms with E-state index in [0.717, 1.165) is 45.3 Å². The summed E-state index contributed by atoms with van der Waals surface area (Å²) in [6.07, 6.45) is 12.2. The number of hydrogen-bond acceptors (Lipinski definition) is 2. The first-order valence-corrected chi connectivity index (χ1v) is 12.8. The fraction of sp³-hybridized carbons (Fsp3) is 0.917. The summed E-state index contributed by atoms with van der Waals surface area (Å²) in [6, 6.07) is 0. The van der Waals surface area contributed by atoms with E-state index in [4.69, 9.17) is 23.2 Å². The standard InChI is InChI=1S/C24H46Cl2N2.2ClH/c1-5-9-11-19-27(20-12-10-6-2)21-13-16-24(14-7-3,15-8-4)28(22-17-25)23-18-26;;/h5-12,14-15,17-23H2,1-4H3;2*1H. The van der Waals surface area contributed by atoms with Crippen LogP contribution in [0.2, 0.25) is 0 Å². The van der Waals surface area contributed by atoms with Crippen LogP contribution in [-0.4, -0.2) is 59.8 Å². The van der Waals surface area contributed by atoms with Crippen LogP contribution in [0.15, 0.2) is 0 Å². The third-order valence-electron chi connectivity index (χ3n) is 5.42. The summed E-state index contributed by atoms with van der Waals surface area (Å²) in [5.41, 5.74) is -0.0776. The number of unbranched alkanes of at least 4 members (excludes halogenated alkanes) is 4. The summed E-state index contributed by atoms with van der Waals surface area (Å²) in [5, 5.41) is 0. The van der Waals surface area contributed by atoms with E-state index in [-0.39, 0.29) is 30.4 Å². The molecule has 0 spiro atoms. The van der Waals surface area contributed by atoms with Crippen LogP contribution in [0.5, 0.6) is 0 Å². The lowest BCUT2D eigenvalue weighted by atomic mass is 9.87. The van der Waals surface area contributed by atoms with Gasteiger partial charge in [-0.1, -0.05) is 78.1 Å². The van der Waals surface area contributed by atoms with Crippen molar-refractivity contribution in [3.63, 3.8) is 0 Å². The summed E-state index contributed by atoms with van der Waals surface area (Å²) >= 11 is 12.2. The molecular formula is C24H48Cl4N2. The highest BCUT2D eigenvalue weighted by atomic mass is 35.5. The predicted molar refractivity (Wildman–Crippen MR) is 143 cm³/mol. The van der Waals surface area contributed by atoms with Gasteiger partial charge in [0.2, 0.25) is 0 Å². The Balaban J connectivity index is -0.00000364. The van der Waals surface area contributed by atoms with E-state index >= 15 is 0 Å². The van der Waals surface area contributed by atoms with Gasteiger partial charge in [-0.2, -0.15) is 0 Å². The van der Waals surface area contributed by atoms with Crippen LogP contribution < -0.4 is 0 Å². The minimum absolute atomic E-state index is 0. The van der Waals surface area contributed by atoms with Gasteiger partial charge < -0.3 is 0 Å². The van der Waals surface area contributed by atoms with Crippen LogP contribution in [0.25, 0.3) is 0 Å². The Labute approximate surface area is 211 Å². The van der Waals surface area contributed by atoms with Gasteiger partial charge >= 0.3 is 0 Å². The lowest BCUT2D eigenvalue weighted by Crippen LogP contribution is -2.49. The summed E-state index contributed by atoms with van der Waals surface area (Å²) in [4.78, 5) is 5.01. The van der Waals surface area contributed by atoms with E-state index in [1.807, 2.05) is 0 Å². The molecule has 0 rings (SSSR count). The van der Waals surface area contributed by atoms with Crippen molar-refractivity contribution in [3.8, 4) is 11.8 Å². The van der Waals surface area contributed by atoms with E-state index in [1.165, 1.54) is 51.6 Å². The fourth-order valence-corrected chi connectivity index (χ4v) is 4.38. The molecule has 0 unspecified atom stereocenters. The maximum Gasteiger partial charge on any atom is 0.0826 e. The molecule has 0 aliphatic heterocycles. The molecular weight excluding hydrogens is 458 g/mol. The molecule has 0 aromatic heterocycles. The molecule has 0 radical (unpaired) electrons. The van der Waals surface area contributed by atoms with Crippen molar-refractivity contribution < 1.29 is 0 Å². The quantitative estimate of drug-likeness (QED) is 0.107. The van der Waals surface area contributed by atoms with E-state index in [9.17, 15) is 0 Å². The second kappa shape index (κ2) is 24.3. The smallest absolute Gasteiger partial charge is 0.0826 e. The van der Waals surface area contributed by atoms with Crippen LogP contribution in [0.3, 0.4) is 0 Å². The Bertz CT molecular complexity index is 388. The van der Waals surface area contributed by atoms with Gasteiger partial charge in [-0.05, 0) is 38.8 Å². The number of halogens is 4.